The molecule has 1 atom stereocenters. The average molecular weight is 322 g/mol. The Morgan fingerprint density at radius 3 is 2.67 bits per heavy atom. The van der Waals surface area contributed by atoms with Gasteiger partial charge in [0.1, 0.15) is 0 Å². The van der Waals surface area contributed by atoms with Crippen LogP contribution in [0.2, 0.25) is 0 Å². The van der Waals surface area contributed by atoms with Crippen molar-refractivity contribution in [1.29, 1.82) is 0 Å². The van der Waals surface area contributed by atoms with E-state index in [0.29, 0.717) is 6.54 Å². The number of aliphatic hydroxyl groups is 1. The van der Waals surface area contributed by atoms with Crippen LogP contribution in [0.1, 0.15) is 11.4 Å². The van der Waals surface area contributed by atoms with Gasteiger partial charge in [-0.1, -0.05) is 36.4 Å². The monoisotopic (exact) mass is 322 g/mol. The number of rotatable bonds is 8. The van der Waals surface area contributed by atoms with Crippen LogP contribution in [0.25, 0.3) is 11.3 Å². The average Bonchev–Trinajstić information content (AvgIpc) is 3.11. The molecule has 5 nitrogen and oxygen atoms in total. The summed E-state index contributed by atoms with van der Waals surface area (Å²) in [7, 11) is 0. The molecule has 0 amide bonds. The molecule has 2 aromatic heterocycles. The number of benzene rings is 1. The van der Waals surface area contributed by atoms with Crippen LogP contribution in [0.3, 0.4) is 0 Å². The molecule has 0 bridgehead atoms. The molecule has 5 heteroatoms. The number of hydrogen-bond acceptors (Lipinski definition) is 4. The fourth-order valence-electron chi connectivity index (χ4n) is 2.64. The van der Waals surface area contributed by atoms with Gasteiger partial charge >= 0.3 is 0 Å². The second-order valence-electron chi connectivity index (χ2n) is 5.85. The van der Waals surface area contributed by atoms with E-state index >= 15 is 0 Å². The molecule has 0 saturated carbocycles. The molecule has 24 heavy (non-hydrogen) atoms. The Kier molecular flexibility index (Phi) is 5.71. The van der Waals surface area contributed by atoms with Crippen LogP contribution in [0.15, 0.2) is 60.8 Å². The summed E-state index contributed by atoms with van der Waals surface area (Å²) in [5.74, 6) is 0.149. The van der Waals surface area contributed by atoms with E-state index in [1.54, 1.807) is 6.20 Å². The van der Waals surface area contributed by atoms with Crippen LogP contribution in [0.5, 0.6) is 0 Å². The number of aromatic amines is 1. The predicted octanol–water partition coefficient (Wildman–Crippen LogP) is 2.41. The second-order valence-corrected chi connectivity index (χ2v) is 5.85. The molecule has 0 aliphatic heterocycles. The quantitative estimate of drug-likeness (QED) is 0.595. The van der Waals surface area contributed by atoms with Crippen molar-refractivity contribution in [2.45, 2.75) is 13.0 Å². The van der Waals surface area contributed by atoms with E-state index in [0.717, 1.165) is 35.6 Å². The molecule has 3 N–H and O–H groups in total. The lowest BCUT2D eigenvalue weighted by molar-refractivity contribution is 0.220. The Labute approximate surface area is 141 Å². The van der Waals surface area contributed by atoms with Crippen molar-refractivity contribution in [2.24, 2.45) is 5.92 Å². The predicted molar refractivity (Wildman–Crippen MR) is 94.2 cm³/mol. The van der Waals surface area contributed by atoms with Crippen LogP contribution < -0.4 is 5.32 Å². The molecule has 0 aliphatic rings. The molecule has 3 rings (SSSR count). The Morgan fingerprint density at radius 1 is 1.08 bits per heavy atom. The van der Waals surface area contributed by atoms with Crippen molar-refractivity contribution < 1.29 is 5.11 Å². The molecular weight excluding hydrogens is 300 g/mol. The Morgan fingerprint density at radius 2 is 1.92 bits per heavy atom. The SMILES string of the molecule is OCC(CNCc1cc(-c2ccccc2)n[nH]1)Cc1ccccn1. The second kappa shape index (κ2) is 8.38. The van der Waals surface area contributed by atoms with Gasteiger partial charge in [0.2, 0.25) is 0 Å². The first-order valence-electron chi connectivity index (χ1n) is 8.16. The van der Waals surface area contributed by atoms with E-state index < -0.39 is 0 Å². The number of nitrogens with one attached hydrogen (secondary N) is 2. The van der Waals surface area contributed by atoms with Crippen molar-refractivity contribution in [3.63, 3.8) is 0 Å². The summed E-state index contributed by atoms with van der Waals surface area (Å²) in [5.41, 5.74) is 4.08. The molecule has 3 aromatic rings. The van der Waals surface area contributed by atoms with Crippen molar-refractivity contribution in [1.82, 2.24) is 20.5 Å². The third kappa shape index (κ3) is 4.50. The normalized spacial score (nSPS) is 12.2. The molecule has 1 unspecified atom stereocenters. The van der Waals surface area contributed by atoms with E-state index in [2.05, 4.69) is 26.6 Å². The molecule has 1 aromatic carbocycles. The molecule has 2 heterocycles. The van der Waals surface area contributed by atoms with Gasteiger partial charge in [0.25, 0.3) is 0 Å². The standard InChI is InChI=1S/C19H22N4O/c24-14-15(10-17-8-4-5-9-21-17)12-20-13-18-11-19(23-22-18)16-6-2-1-3-7-16/h1-9,11,15,20,24H,10,12-14H2,(H,22,23). The van der Waals surface area contributed by atoms with E-state index in [1.807, 2.05) is 48.5 Å². The first-order chi connectivity index (χ1) is 11.8. The number of aliphatic hydroxyl groups excluding tert-OH is 1. The maximum atomic E-state index is 9.55. The molecule has 0 saturated heterocycles. The summed E-state index contributed by atoms with van der Waals surface area (Å²) in [5, 5.41) is 20.3. The lowest BCUT2D eigenvalue weighted by Gasteiger charge is -2.14. The van der Waals surface area contributed by atoms with Gasteiger partial charge in [0.05, 0.1) is 5.69 Å². The molecule has 0 aliphatic carbocycles. The third-order valence-electron chi connectivity index (χ3n) is 3.93. The van der Waals surface area contributed by atoms with Gasteiger partial charge in [-0.2, -0.15) is 5.10 Å². The van der Waals surface area contributed by atoms with Crippen LogP contribution in [-0.2, 0) is 13.0 Å². The first kappa shape index (κ1) is 16.4. The Bertz CT molecular complexity index is 727. The maximum Gasteiger partial charge on any atom is 0.0924 e. The van der Waals surface area contributed by atoms with Crippen LogP contribution >= 0.6 is 0 Å². The van der Waals surface area contributed by atoms with Gasteiger partial charge in [-0.05, 0) is 30.5 Å². The zero-order valence-electron chi connectivity index (χ0n) is 13.5. The van der Waals surface area contributed by atoms with Crippen LogP contribution in [-0.4, -0.2) is 33.4 Å². The molecular formula is C19H22N4O. The van der Waals surface area contributed by atoms with Crippen LogP contribution in [0.4, 0.5) is 0 Å². The van der Waals surface area contributed by atoms with Gasteiger partial charge in [-0.3, -0.25) is 10.1 Å². The zero-order valence-corrected chi connectivity index (χ0v) is 13.5. The number of nitrogens with zero attached hydrogens (tertiary/aromatic N) is 2. The van der Waals surface area contributed by atoms with E-state index in [-0.39, 0.29) is 12.5 Å². The Balaban J connectivity index is 1.50. The number of pyridine rings is 1. The third-order valence-corrected chi connectivity index (χ3v) is 3.93. The summed E-state index contributed by atoms with van der Waals surface area (Å²) in [6.07, 6.45) is 2.55. The van der Waals surface area contributed by atoms with Gasteiger partial charge in [0.15, 0.2) is 0 Å². The van der Waals surface area contributed by atoms with Crippen molar-refractivity contribution in [3.05, 3.63) is 72.2 Å². The smallest absolute Gasteiger partial charge is 0.0924 e. The van der Waals surface area contributed by atoms with Crippen molar-refractivity contribution in [2.75, 3.05) is 13.2 Å². The lowest BCUT2D eigenvalue weighted by atomic mass is 10.0. The van der Waals surface area contributed by atoms with E-state index in [1.165, 1.54) is 0 Å². The number of hydrogen-bond donors (Lipinski definition) is 3. The van der Waals surface area contributed by atoms with E-state index in [4.69, 9.17) is 0 Å². The molecule has 124 valence electrons. The first-order valence-corrected chi connectivity index (χ1v) is 8.16. The van der Waals surface area contributed by atoms with Crippen molar-refractivity contribution >= 4 is 0 Å². The lowest BCUT2D eigenvalue weighted by Crippen LogP contribution is -2.26. The zero-order chi connectivity index (χ0) is 16.6. The summed E-state index contributed by atoms with van der Waals surface area (Å²) < 4.78 is 0. The minimum Gasteiger partial charge on any atom is -0.396 e. The highest BCUT2D eigenvalue weighted by molar-refractivity contribution is 5.58. The minimum atomic E-state index is 0.141. The molecule has 0 fully saturated rings. The largest absolute Gasteiger partial charge is 0.396 e. The fraction of sp³-hybridized carbons (Fsp3) is 0.263. The summed E-state index contributed by atoms with van der Waals surface area (Å²) in [4.78, 5) is 4.31. The highest BCUT2D eigenvalue weighted by Gasteiger charge is 2.10. The van der Waals surface area contributed by atoms with Gasteiger partial charge in [0, 0.05) is 42.8 Å². The topological polar surface area (TPSA) is 73.8 Å². The maximum absolute atomic E-state index is 9.55. The molecule has 0 radical (unpaired) electrons. The number of aromatic nitrogens is 3. The highest BCUT2D eigenvalue weighted by Crippen LogP contribution is 2.16. The van der Waals surface area contributed by atoms with Gasteiger partial charge in [-0.25, -0.2) is 0 Å². The molecule has 0 spiro atoms. The summed E-state index contributed by atoms with van der Waals surface area (Å²) >= 11 is 0. The highest BCUT2D eigenvalue weighted by atomic mass is 16.3. The summed E-state index contributed by atoms with van der Waals surface area (Å²) in [6.45, 7) is 1.56. The van der Waals surface area contributed by atoms with Gasteiger partial charge in [-0.15, -0.1) is 0 Å². The minimum absolute atomic E-state index is 0.141. The van der Waals surface area contributed by atoms with E-state index in [9.17, 15) is 5.11 Å². The van der Waals surface area contributed by atoms with Gasteiger partial charge < -0.3 is 10.4 Å². The fourth-order valence-corrected chi connectivity index (χ4v) is 2.64. The number of H-pyrrole nitrogens is 1. The van der Waals surface area contributed by atoms with Crippen molar-refractivity contribution in [3.8, 4) is 11.3 Å². The Hall–Kier alpha value is -2.50. The van der Waals surface area contributed by atoms with Crippen LogP contribution in [0, 0.1) is 5.92 Å². The summed E-state index contributed by atoms with van der Waals surface area (Å²) in [6, 6.07) is 18.0.